The number of nitrogens with zero attached hydrogens (tertiary/aromatic N) is 8. The molecule has 0 aliphatic carbocycles. The molecule has 24 nitrogen and oxygen atoms in total. The molecule has 88 heavy (non-hydrogen) atoms. The number of rotatable bonds is 16. The lowest BCUT2D eigenvalue weighted by molar-refractivity contribution is -0.159. The maximum Gasteiger partial charge on any atom is 0.414 e. The molecule has 0 spiro atoms. The fraction of sp³-hybridized carbons (Fsp3) is 0.300. The molecule has 2 aliphatic heterocycles. The first-order valence-corrected chi connectivity index (χ1v) is 30.7. The number of halogens is 2. The van der Waals surface area contributed by atoms with E-state index in [0.29, 0.717) is 47.8 Å². The summed E-state index contributed by atoms with van der Waals surface area (Å²) in [5.41, 5.74) is 5.44. The van der Waals surface area contributed by atoms with Gasteiger partial charge in [0.25, 0.3) is 0 Å². The number of aromatic nitrogens is 6. The predicted molar refractivity (Wildman–Crippen MR) is 315 cm³/mol. The minimum atomic E-state index is -3.26. The van der Waals surface area contributed by atoms with Crippen LogP contribution in [0.25, 0.3) is 22.3 Å². The Hall–Kier alpha value is -9.38. The summed E-state index contributed by atoms with van der Waals surface area (Å²) in [6.07, 6.45) is 9.23. The highest BCUT2D eigenvalue weighted by atomic mass is 32.2. The SMILES string of the molecule is O=C(O)C(=O)O.O=C(O)C(=O)O.O=C(O)C(=O)O.O=S(=O)(CCN1CCC(Cc2nc3cccnc3n2Cc2ccc(F)cc2)CC1)c1ccccc1.O=S(=O)(CCN1CCC(Cc2nc3cccnc3n2Cc2ccc(F)cc2)CC1)c1ccccc1. The van der Waals surface area contributed by atoms with Gasteiger partial charge in [0.2, 0.25) is 0 Å². The average Bonchev–Trinajstić information content (AvgIpc) is 1.92. The van der Waals surface area contributed by atoms with E-state index in [1.807, 2.05) is 36.4 Å². The highest BCUT2D eigenvalue weighted by Crippen LogP contribution is 2.27. The van der Waals surface area contributed by atoms with Crippen LogP contribution < -0.4 is 0 Å². The number of carboxylic acid groups (broad SMARTS) is 6. The number of pyridine rings is 2. The summed E-state index contributed by atoms with van der Waals surface area (Å²) in [6.45, 7) is 5.82. The van der Waals surface area contributed by atoms with E-state index in [-0.39, 0.29) is 23.1 Å². The molecule has 2 aliphatic rings. The van der Waals surface area contributed by atoms with Crippen LogP contribution in [-0.2, 0) is 74.4 Å². The molecule has 6 heterocycles. The van der Waals surface area contributed by atoms with Gasteiger partial charge < -0.3 is 49.6 Å². The highest BCUT2D eigenvalue weighted by Gasteiger charge is 2.27. The highest BCUT2D eigenvalue weighted by molar-refractivity contribution is 7.91. The van der Waals surface area contributed by atoms with Crippen LogP contribution in [-0.4, -0.2) is 173 Å². The van der Waals surface area contributed by atoms with E-state index in [2.05, 4.69) is 28.9 Å². The number of hydrogen-bond acceptors (Lipinski definition) is 16. The fourth-order valence-corrected chi connectivity index (χ4v) is 12.1. The van der Waals surface area contributed by atoms with Crippen molar-refractivity contribution in [3.8, 4) is 0 Å². The van der Waals surface area contributed by atoms with Crippen LogP contribution in [0, 0.1) is 23.5 Å². The Morgan fingerprint density at radius 1 is 0.432 bits per heavy atom. The van der Waals surface area contributed by atoms with Crippen molar-refractivity contribution < 1.29 is 85.0 Å². The molecule has 10 rings (SSSR count). The molecule has 4 aromatic heterocycles. The molecule has 0 radical (unpaired) electrons. The van der Waals surface area contributed by atoms with Crippen molar-refractivity contribution in [3.05, 3.63) is 180 Å². The second-order valence-electron chi connectivity index (χ2n) is 20.2. The van der Waals surface area contributed by atoms with E-state index in [9.17, 15) is 25.6 Å². The molecular weight excluding hydrogens is 1190 g/mol. The minimum absolute atomic E-state index is 0.140. The average molecular weight is 1260 g/mol. The van der Waals surface area contributed by atoms with Crippen molar-refractivity contribution in [2.45, 2.75) is 61.4 Å². The van der Waals surface area contributed by atoms with Gasteiger partial charge in [0, 0.05) is 38.3 Å². The summed E-state index contributed by atoms with van der Waals surface area (Å²) in [7, 11) is -6.52. The van der Waals surface area contributed by atoms with Gasteiger partial charge in [0.15, 0.2) is 31.0 Å². The number of imidazole rings is 2. The standard InChI is InChI=1S/2C27H29FN4O2S.3C2H2O4/c2*28-23-10-8-22(9-11-23)20-32-26(30-25-7-4-14-29-27(25)32)19-21-12-15-31(16-13-21)17-18-35(33,34)24-5-2-1-3-6-24;3*3-1(4)2(5)6/h2*1-11,14,21H,12-13,15-20H2;3*(H,3,4)(H,5,6). The maximum absolute atomic E-state index is 13.4. The van der Waals surface area contributed by atoms with E-state index in [1.54, 1.807) is 85.2 Å². The molecule has 4 aromatic carbocycles. The molecule has 2 saturated heterocycles. The maximum atomic E-state index is 13.4. The third-order valence-corrected chi connectivity index (χ3v) is 17.6. The van der Waals surface area contributed by atoms with E-state index in [0.717, 1.165) is 110 Å². The number of likely N-dealkylation sites (tertiary alicyclic amines) is 2. The summed E-state index contributed by atoms with van der Waals surface area (Å²) >= 11 is 0. The van der Waals surface area contributed by atoms with Gasteiger partial charge in [-0.1, -0.05) is 60.7 Å². The second-order valence-corrected chi connectivity index (χ2v) is 24.5. The zero-order valence-electron chi connectivity index (χ0n) is 47.2. The summed E-state index contributed by atoms with van der Waals surface area (Å²) < 4.78 is 81.5. The number of aliphatic carboxylic acids is 6. The van der Waals surface area contributed by atoms with Crippen LogP contribution >= 0.6 is 0 Å². The van der Waals surface area contributed by atoms with Gasteiger partial charge in [-0.15, -0.1) is 0 Å². The summed E-state index contributed by atoms with van der Waals surface area (Å²) in [4.78, 5) is 78.7. The summed E-state index contributed by atoms with van der Waals surface area (Å²) in [6, 6.07) is 38.2. The third-order valence-electron chi connectivity index (χ3n) is 14.1. The Labute approximate surface area is 503 Å². The number of benzene rings is 4. The van der Waals surface area contributed by atoms with Gasteiger partial charge in [-0.2, -0.15) is 0 Å². The van der Waals surface area contributed by atoms with Crippen LogP contribution in [0.5, 0.6) is 0 Å². The van der Waals surface area contributed by atoms with E-state index in [4.69, 9.17) is 69.4 Å². The second kappa shape index (κ2) is 32.4. The number of hydrogen-bond donors (Lipinski definition) is 6. The monoisotopic (exact) mass is 1250 g/mol. The van der Waals surface area contributed by atoms with Crippen molar-refractivity contribution in [3.63, 3.8) is 0 Å². The molecule has 2 fully saturated rings. The Balaban J connectivity index is 0.000000220. The van der Waals surface area contributed by atoms with Crippen molar-refractivity contribution >= 4 is 77.8 Å². The van der Waals surface area contributed by atoms with Crippen molar-refractivity contribution in [2.75, 3.05) is 50.8 Å². The molecule has 0 bridgehead atoms. The Morgan fingerprint density at radius 2 is 0.739 bits per heavy atom. The number of fused-ring (bicyclic) bond motifs is 2. The lowest BCUT2D eigenvalue weighted by Gasteiger charge is -2.31. The van der Waals surface area contributed by atoms with E-state index >= 15 is 0 Å². The number of sulfone groups is 2. The normalized spacial score (nSPS) is 13.9. The molecule has 466 valence electrons. The van der Waals surface area contributed by atoms with Gasteiger partial charge in [0.05, 0.1) is 34.4 Å². The molecule has 8 aromatic rings. The van der Waals surface area contributed by atoms with Crippen LogP contribution in [0.4, 0.5) is 8.78 Å². The molecule has 0 unspecified atom stereocenters. The predicted octanol–water partition coefficient (Wildman–Crippen LogP) is 6.16. The molecule has 0 amide bonds. The van der Waals surface area contributed by atoms with E-state index in [1.165, 1.54) is 24.3 Å². The number of piperidine rings is 2. The molecule has 28 heteroatoms. The molecular formula is C60H64F2N8O16S2. The summed E-state index contributed by atoms with van der Waals surface area (Å²) in [5.74, 6) is -8.22. The molecule has 6 N–H and O–H groups in total. The van der Waals surface area contributed by atoms with Gasteiger partial charge in [-0.05, 0) is 148 Å². The first kappa shape index (κ1) is 67.7. The largest absolute Gasteiger partial charge is 0.473 e. The van der Waals surface area contributed by atoms with Crippen molar-refractivity contribution in [2.24, 2.45) is 11.8 Å². The fourth-order valence-electron chi connectivity index (χ4n) is 9.53. The van der Waals surface area contributed by atoms with Gasteiger partial charge in [-0.25, -0.2) is 74.3 Å². The van der Waals surface area contributed by atoms with Crippen molar-refractivity contribution in [1.82, 2.24) is 38.9 Å². The quantitative estimate of drug-likeness (QED) is 0.0590. The first-order valence-electron chi connectivity index (χ1n) is 27.4. The van der Waals surface area contributed by atoms with Gasteiger partial charge >= 0.3 is 35.8 Å². The number of carboxylic acids is 6. The van der Waals surface area contributed by atoms with Crippen LogP contribution in [0.2, 0.25) is 0 Å². The third kappa shape index (κ3) is 20.9. The minimum Gasteiger partial charge on any atom is -0.473 e. The first-order chi connectivity index (χ1) is 41.9. The zero-order chi connectivity index (χ0) is 64.0. The smallest absolute Gasteiger partial charge is 0.414 e. The topological polar surface area (TPSA) is 360 Å². The van der Waals surface area contributed by atoms with Gasteiger partial charge in [0.1, 0.15) is 34.3 Å². The van der Waals surface area contributed by atoms with Crippen LogP contribution in [0.3, 0.4) is 0 Å². The van der Waals surface area contributed by atoms with Gasteiger partial charge in [-0.3, -0.25) is 0 Å². The van der Waals surface area contributed by atoms with Crippen LogP contribution in [0.15, 0.2) is 156 Å². The van der Waals surface area contributed by atoms with Crippen molar-refractivity contribution in [1.29, 1.82) is 0 Å². The Kier molecular flexibility index (Phi) is 24.9. The Morgan fingerprint density at radius 3 is 1.03 bits per heavy atom. The molecule has 0 saturated carbocycles. The van der Waals surface area contributed by atoms with Crippen LogP contribution in [0.1, 0.15) is 48.5 Å². The zero-order valence-corrected chi connectivity index (χ0v) is 48.9. The van der Waals surface area contributed by atoms with E-state index < -0.39 is 55.5 Å². The lowest BCUT2D eigenvalue weighted by Crippen LogP contribution is -2.37. The molecule has 0 atom stereocenters. The Bertz CT molecular complexity index is 3570. The number of carbonyl (C=O) groups is 6. The lowest BCUT2D eigenvalue weighted by atomic mass is 9.93. The summed E-state index contributed by atoms with van der Waals surface area (Å²) in [5, 5.41) is 44.3.